The van der Waals surface area contributed by atoms with E-state index in [-0.39, 0.29) is 0 Å². The van der Waals surface area contributed by atoms with Crippen LogP contribution in [-0.4, -0.2) is 59.2 Å². The summed E-state index contributed by atoms with van der Waals surface area (Å²) in [6.07, 6.45) is 7.81. The summed E-state index contributed by atoms with van der Waals surface area (Å²) in [7, 11) is 3.10. The molecular formula is C27H33N3O6. The first-order valence-electron chi connectivity index (χ1n) is 12.3. The number of hydrogen-bond donors (Lipinski definition) is 2. The number of aryl methyl sites for hydroxylation is 1. The fraction of sp³-hybridized carbons (Fsp3) is 0.444. The standard InChI is InChI=1S/C17H22N2O2.C10H11NO4/c1-21-15-6-5-14-16(19-15)13(8-12-18-14)7-11-17(20)9-3-2-4-10-17;1-11(10(12)13)7-2-3-8-9(6-7)15-5-4-14-8/h5-6,8,12,20H,2-4,7,9-11H2,1H3;2-3,6H,4-5H2,1H3,(H,12,13). The Morgan fingerprint density at radius 1 is 1.08 bits per heavy atom. The van der Waals surface area contributed by atoms with E-state index >= 15 is 0 Å². The lowest BCUT2D eigenvalue weighted by atomic mass is 9.81. The molecule has 1 aliphatic carbocycles. The minimum absolute atomic E-state index is 0.493. The number of anilines is 1. The normalized spacial score (nSPS) is 16.0. The van der Waals surface area contributed by atoms with Crippen LogP contribution in [0.3, 0.4) is 0 Å². The van der Waals surface area contributed by atoms with E-state index in [1.165, 1.54) is 13.5 Å². The van der Waals surface area contributed by atoms with Crippen molar-refractivity contribution >= 4 is 22.8 Å². The lowest BCUT2D eigenvalue weighted by Gasteiger charge is -2.32. The third-order valence-corrected chi connectivity index (χ3v) is 6.69. The third kappa shape index (κ3) is 6.15. The monoisotopic (exact) mass is 495 g/mol. The molecule has 0 atom stereocenters. The molecule has 1 aliphatic heterocycles. The second kappa shape index (κ2) is 11.4. The van der Waals surface area contributed by atoms with Crippen LogP contribution in [0.25, 0.3) is 11.0 Å². The SMILES string of the molecule is CN(C(=O)O)c1ccc2c(c1)OCCO2.COc1ccc2nccc(CCC3(O)CCCCC3)c2n1. The first kappa shape index (κ1) is 25.5. The second-order valence-electron chi connectivity index (χ2n) is 9.15. The van der Waals surface area contributed by atoms with E-state index in [0.717, 1.165) is 60.0 Å². The summed E-state index contributed by atoms with van der Waals surface area (Å²) in [5.74, 6) is 1.85. The highest BCUT2D eigenvalue weighted by Gasteiger charge is 2.28. The van der Waals surface area contributed by atoms with E-state index in [4.69, 9.17) is 19.3 Å². The smallest absolute Gasteiger partial charge is 0.411 e. The molecule has 1 aromatic carbocycles. The van der Waals surface area contributed by atoms with Crippen molar-refractivity contribution in [2.24, 2.45) is 0 Å². The maximum absolute atomic E-state index is 10.7. The first-order valence-corrected chi connectivity index (χ1v) is 12.3. The highest BCUT2D eigenvalue weighted by Crippen LogP contribution is 2.34. The van der Waals surface area contributed by atoms with Crippen LogP contribution in [0.4, 0.5) is 10.5 Å². The van der Waals surface area contributed by atoms with Crippen LogP contribution in [-0.2, 0) is 6.42 Å². The van der Waals surface area contributed by atoms with Gasteiger partial charge in [0.05, 0.1) is 29.4 Å². The molecule has 5 rings (SSSR count). The largest absolute Gasteiger partial charge is 0.486 e. The topological polar surface area (TPSA) is 114 Å². The molecule has 1 fully saturated rings. The molecule has 2 N–H and O–H groups in total. The van der Waals surface area contributed by atoms with Crippen LogP contribution in [0.1, 0.15) is 44.1 Å². The summed E-state index contributed by atoms with van der Waals surface area (Å²) in [6.45, 7) is 1.02. The van der Waals surface area contributed by atoms with Crippen molar-refractivity contribution in [1.29, 1.82) is 0 Å². The summed E-state index contributed by atoms with van der Waals surface area (Å²) in [4.78, 5) is 20.7. The number of methoxy groups -OCH3 is 1. The van der Waals surface area contributed by atoms with Crippen LogP contribution < -0.4 is 19.1 Å². The first-order chi connectivity index (χ1) is 17.4. The van der Waals surface area contributed by atoms with E-state index in [1.54, 1.807) is 25.3 Å². The van der Waals surface area contributed by atoms with Gasteiger partial charge in [-0.05, 0) is 55.5 Å². The van der Waals surface area contributed by atoms with Gasteiger partial charge >= 0.3 is 6.09 Å². The van der Waals surface area contributed by atoms with Crippen molar-refractivity contribution in [3.05, 3.63) is 48.2 Å². The number of carboxylic acid groups (broad SMARTS) is 1. The maximum atomic E-state index is 10.7. The Morgan fingerprint density at radius 3 is 2.56 bits per heavy atom. The molecular weight excluding hydrogens is 462 g/mol. The predicted octanol–water partition coefficient (Wildman–Crippen LogP) is 4.84. The van der Waals surface area contributed by atoms with Gasteiger partial charge in [-0.3, -0.25) is 9.88 Å². The van der Waals surface area contributed by atoms with Gasteiger partial charge in [-0.25, -0.2) is 9.78 Å². The Labute approximate surface area is 210 Å². The number of fused-ring (bicyclic) bond motifs is 2. The predicted molar refractivity (Wildman–Crippen MR) is 136 cm³/mol. The van der Waals surface area contributed by atoms with Gasteiger partial charge in [-0.1, -0.05) is 19.3 Å². The number of ether oxygens (including phenoxy) is 3. The Balaban J connectivity index is 0.000000179. The lowest BCUT2D eigenvalue weighted by Crippen LogP contribution is -2.31. The molecule has 0 unspecified atom stereocenters. The quantitative estimate of drug-likeness (QED) is 0.517. The number of nitrogens with zero attached hydrogens (tertiary/aromatic N) is 3. The van der Waals surface area contributed by atoms with E-state index in [9.17, 15) is 9.90 Å². The van der Waals surface area contributed by atoms with Crippen LogP contribution in [0.15, 0.2) is 42.6 Å². The van der Waals surface area contributed by atoms with Crippen LogP contribution in [0.2, 0.25) is 0 Å². The minimum Gasteiger partial charge on any atom is -0.486 e. The highest BCUT2D eigenvalue weighted by molar-refractivity contribution is 5.85. The van der Waals surface area contributed by atoms with Gasteiger partial charge in [0.1, 0.15) is 13.2 Å². The van der Waals surface area contributed by atoms with Crippen molar-refractivity contribution < 1.29 is 29.2 Å². The lowest BCUT2D eigenvalue weighted by molar-refractivity contribution is -0.00336. The molecule has 0 radical (unpaired) electrons. The number of carbonyl (C=O) groups is 1. The number of aromatic nitrogens is 2. The number of hydrogen-bond acceptors (Lipinski definition) is 7. The summed E-state index contributed by atoms with van der Waals surface area (Å²) < 4.78 is 15.9. The van der Waals surface area contributed by atoms with E-state index in [1.807, 2.05) is 24.4 Å². The summed E-state index contributed by atoms with van der Waals surface area (Å²) in [5.41, 5.74) is 2.97. The van der Waals surface area contributed by atoms with Gasteiger partial charge in [0.2, 0.25) is 5.88 Å². The molecule has 2 aliphatic rings. The Bertz CT molecular complexity index is 1200. The van der Waals surface area contributed by atoms with Crippen LogP contribution >= 0.6 is 0 Å². The molecule has 9 nitrogen and oxygen atoms in total. The molecule has 0 bridgehead atoms. The Hall–Kier alpha value is -3.59. The molecule has 2 aromatic heterocycles. The van der Waals surface area contributed by atoms with Gasteiger partial charge < -0.3 is 24.4 Å². The number of benzene rings is 1. The Morgan fingerprint density at radius 2 is 1.83 bits per heavy atom. The number of aliphatic hydroxyl groups is 1. The number of amides is 1. The van der Waals surface area contributed by atoms with Gasteiger partial charge in [0.15, 0.2) is 11.5 Å². The van der Waals surface area contributed by atoms with E-state index < -0.39 is 11.7 Å². The van der Waals surface area contributed by atoms with Gasteiger partial charge in [0.25, 0.3) is 0 Å². The zero-order valence-corrected chi connectivity index (χ0v) is 20.8. The fourth-order valence-electron chi connectivity index (χ4n) is 4.55. The highest BCUT2D eigenvalue weighted by atomic mass is 16.6. The third-order valence-electron chi connectivity index (χ3n) is 6.69. The van der Waals surface area contributed by atoms with Crippen molar-refractivity contribution in [2.45, 2.75) is 50.5 Å². The van der Waals surface area contributed by atoms with Crippen molar-refractivity contribution in [3.8, 4) is 17.4 Å². The minimum atomic E-state index is -1.01. The summed E-state index contributed by atoms with van der Waals surface area (Å²) in [6, 6.07) is 10.8. The molecule has 192 valence electrons. The van der Waals surface area contributed by atoms with E-state index in [2.05, 4.69) is 9.97 Å². The zero-order valence-electron chi connectivity index (χ0n) is 20.8. The molecule has 36 heavy (non-hydrogen) atoms. The number of pyridine rings is 2. The molecule has 3 aromatic rings. The molecule has 1 amide bonds. The average Bonchev–Trinajstić information content (AvgIpc) is 2.91. The molecule has 3 heterocycles. The summed E-state index contributed by atoms with van der Waals surface area (Å²) >= 11 is 0. The van der Waals surface area contributed by atoms with Crippen LogP contribution in [0, 0.1) is 0 Å². The fourth-order valence-corrected chi connectivity index (χ4v) is 4.55. The van der Waals surface area contributed by atoms with Crippen molar-refractivity contribution in [2.75, 3.05) is 32.3 Å². The molecule has 9 heteroatoms. The average molecular weight is 496 g/mol. The van der Waals surface area contributed by atoms with Gasteiger partial charge in [-0.15, -0.1) is 0 Å². The molecule has 0 saturated heterocycles. The molecule has 1 saturated carbocycles. The van der Waals surface area contributed by atoms with E-state index in [0.29, 0.717) is 36.3 Å². The maximum Gasteiger partial charge on any atom is 0.411 e. The van der Waals surface area contributed by atoms with Gasteiger partial charge in [-0.2, -0.15) is 0 Å². The van der Waals surface area contributed by atoms with Crippen molar-refractivity contribution in [1.82, 2.24) is 9.97 Å². The van der Waals surface area contributed by atoms with Gasteiger partial charge in [0, 0.05) is 25.4 Å². The molecule has 0 spiro atoms. The zero-order chi connectivity index (χ0) is 25.5. The second-order valence-corrected chi connectivity index (χ2v) is 9.15. The number of rotatable bonds is 5. The summed E-state index contributed by atoms with van der Waals surface area (Å²) in [5, 5.41) is 19.4. The Kier molecular flexibility index (Phi) is 8.10. The van der Waals surface area contributed by atoms with Crippen molar-refractivity contribution in [3.63, 3.8) is 0 Å². The van der Waals surface area contributed by atoms with Crippen LogP contribution in [0.5, 0.6) is 17.4 Å².